The molecule has 1 saturated heterocycles. The van der Waals surface area contributed by atoms with E-state index in [1.807, 2.05) is 0 Å². The van der Waals surface area contributed by atoms with E-state index in [1.54, 1.807) is 25.3 Å². The summed E-state index contributed by atoms with van der Waals surface area (Å²) < 4.78 is 16.0. The highest BCUT2D eigenvalue weighted by atomic mass is 16.5. The molecule has 86 valence electrons. The molecule has 0 N–H and O–H groups in total. The molecule has 0 unspecified atom stereocenters. The molecule has 1 aliphatic rings. The Labute approximate surface area is 94.1 Å². The topological polar surface area (TPSA) is 44.8 Å². The van der Waals surface area contributed by atoms with E-state index in [4.69, 9.17) is 14.2 Å². The second-order valence-corrected chi connectivity index (χ2v) is 3.63. The van der Waals surface area contributed by atoms with Crippen LogP contribution in [-0.2, 0) is 4.74 Å². The molecule has 16 heavy (non-hydrogen) atoms. The van der Waals surface area contributed by atoms with Gasteiger partial charge in [-0.15, -0.1) is 0 Å². The fourth-order valence-electron chi connectivity index (χ4n) is 1.63. The Morgan fingerprint density at radius 2 is 2.38 bits per heavy atom. The highest BCUT2D eigenvalue weighted by molar-refractivity contribution is 5.79. The zero-order valence-electron chi connectivity index (χ0n) is 9.14. The SMILES string of the molecule is COc1ccc(C=O)c(O[C@@H]2CCOC2)c1. The Morgan fingerprint density at radius 1 is 1.50 bits per heavy atom. The van der Waals surface area contributed by atoms with Gasteiger partial charge in [0.2, 0.25) is 0 Å². The Morgan fingerprint density at radius 3 is 3.00 bits per heavy atom. The van der Waals surface area contributed by atoms with Gasteiger partial charge in [0.25, 0.3) is 0 Å². The van der Waals surface area contributed by atoms with Crippen LogP contribution in [0.4, 0.5) is 0 Å². The molecule has 0 aromatic heterocycles. The summed E-state index contributed by atoms with van der Waals surface area (Å²) >= 11 is 0. The van der Waals surface area contributed by atoms with Crippen LogP contribution in [0.1, 0.15) is 16.8 Å². The molecule has 1 aromatic carbocycles. The summed E-state index contributed by atoms with van der Waals surface area (Å²) in [6.07, 6.45) is 1.67. The summed E-state index contributed by atoms with van der Waals surface area (Å²) in [5.41, 5.74) is 0.535. The number of aldehydes is 1. The van der Waals surface area contributed by atoms with Crippen LogP contribution in [0.25, 0.3) is 0 Å². The number of hydrogen-bond acceptors (Lipinski definition) is 4. The van der Waals surface area contributed by atoms with Crippen LogP contribution in [0.3, 0.4) is 0 Å². The molecule has 0 saturated carbocycles. The minimum atomic E-state index is 0.0332. The smallest absolute Gasteiger partial charge is 0.153 e. The molecule has 1 heterocycles. The third-order valence-corrected chi connectivity index (χ3v) is 2.53. The second-order valence-electron chi connectivity index (χ2n) is 3.63. The summed E-state index contributed by atoms with van der Waals surface area (Å²) in [4.78, 5) is 10.8. The van der Waals surface area contributed by atoms with Gasteiger partial charge in [0.15, 0.2) is 6.29 Å². The van der Waals surface area contributed by atoms with E-state index >= 15 is 0 Å². The van der Waals surface area contributed by atoms with Crippen LogP contribution >= 0.6 is 0 Å². The van der Waals surface area contributed by atoms with Crippen molar-refractivity contribution >= 4 is 6.29 Å². The normalized spacial score (nSPS) is 19.4. The predicted molar refractivity (Wildman–Crippen MR) is 58.2 cm³/mol. The molecule has 1 aromatic rings. The molecule has 1 aliphatic heterocycles. The molecule has 1 atom stereocenters. The zero-order valence-corrected chi connectivity index (χ0v) is 9.14. The number of rotatable bonds is 4. The zero-order chi connectivity index (χ0) is 11.4. The van der Waals surface area contributed by atoms with E-state index in [2.05, 4.69) is 0 Å². The van der Waals surface area contributed by atoms with Gasteiger partial charge in [-0.3, -0.25) is 4.79 Å². The number of methoxy groups -OCH3 is 1. The summed E-state index contributed by atoms with van der Waals surface area (Å²) in [6, 6.07) is 5.15. The Bertz CT molecular complexity index is 369. The maximum absolute atomic E-state index is 10.8. The van der Waals surface area contributed by atoms with Crippen molar-refractivity contribution in [1.82, 2.24) is 0 Å². The monoisotopic (exact) mass is 222 g/mol. The van der Waals surface area contributed by atoms with Crippen LogP contribution in [0.2, 0.25) is 0 Å². The maximum Gasteiger partial charge on any atom is 0.153 e. The molecular formula is C12H14O4. The molecule has 0 bridgehead atoms. The molecule has 0 spiro atoms. The highest BCUT2D eigenvalue weighted by Gasteiger charge is 2.18. The maximum atomic E-state index is 10.8. The van der Waals surface area contributed by atoms with Gasteiger partial charge in [-0.05, 0) is 12.1 Å². The standard InChI is InChI=1S/C12H14O4/c1-14-10-3-2-9(7-13)12(6-10)16-11-4-5-15-8-11/h2-3,6-7,11H,4-5,8H2,1H3/t11-/m1/s1. The number of hydrogen-bond donors (Lipinski definition) is 0. The lowest BCUT2D eigenvalue weighted by atomic mass is 10.2. The second kappa shape index (κ2) is 4.99. The summed E-state index contributed by atoms with van der Waals surface area (Å²) in [5.74, 6) is 1.24. The van der Waals surface area contributed by atoms with Gasteiger partial charge in [0, 0.05) is 12.5 Å². The van der Waals surface area contributed by atoms with Crippen molar-refractivity contribution in [2.24, 2.45) is 0 Å². The molecule has 4 nitrogen and oxygen atoms in total. The van der Waals surface area contributed by atoms with Crippen molar-refractivity contribution in [3.05, 3.63) is 23.8 Å². The van der Waals surface area contributed by atoms with Gasteiger partial charge < -0.3 is 14.2 Å². The van der Waals surface area contributed by atoms with Gasteiger partial charge in [-0.1, -0.05) is 0 Å². The third kappa shape index (κ3) is 2.33. The fraction of sp³-hybridized carbons (Fsp3) is 0.417. The molecule has 0 aliphatic carbocycles. The number of benzene rings is 1. The predicted octanol–water partition coefficient (Wildman–Crippen LogP) is 1.68. The van der Waals surface area contributed by atoms with Gasteiger partial charge in [0.05, 0.1) is 25.9 Å². The summed E-state index contributed by atoms with van der Waals surface area (Å²) in [6.45, 7) is 1.29. The van der Waals surface area contributed by atoms with Crippen molar-refractivity contribution in [3.8, 4) is 11.5 Å². The van der Waals surface area contributed by atoms with Crippen LogP contribution in [-0.4, -0.2) is 32.7 Å². The molecular weight excluding hydrogens is 208 g/mol. The Kier molecular flexibility index (Phi) is 3.41. The number of carbonyl (C=O) groups is 1. The van der Waals surface area contributed by atoms with Gasteiger partial charge in [-0.2, -0.15) is 0 Å². The molecule has 0 amide bonds. The van der Waals surface area contributed by atoms with E-state index in [0.717, 1.165) is 12.7 Å². The van der Waals surface area contributed by atoms with Crippen LogP contribution < -0.4 is 9.47 Å². The lowest BCUT2D eigenvalue weighted by Crippen LogP contribution is -2.16. The largest absolute Gasteiger partial charge is 0.497 e. The average molecular weight is 222 g/mol. The lowest BCUT2D eigenvalue weighted by Gasteiger charge is -2.14. The minimum Gasteiger partial charge on any atom is -0.497 e. The van der Waals surface area contributed by atoms with Crippen molar-refractivity contribution in [2.45, 2.75) is 12.5 Å². The quantitative estimate of drug-likeness (QED) is 0.727. The molecule has 0 radical (unpaired) electrons. The van der Waals surface area contributed by atoms with Crippen LogP contribution in [0, 0.1) is 0 Å². The minimum absolute atomic E-state index is 0.0332. The number of ether oxygens (including phenoxy) is 3. The van der Waals surface area contributed by atoms with E-state index in [9.17, 15) is 4.79 Å². The van der Waals surface area contributed by atoms with Crippen molar-refractivity contribution in [2.75, 3.05) is 20.3 Å². The first-order valence-corrected chi connectivity index (χ1v) is 5.21. The van der Waals surface area contributed by atoms with Crippen molar-refractivity contribution in [1.29, 1.82) is 0 Å². The summed E-state index contributed by atoms with van der Waals surface area (Å²) in [7, 11) is 1.58. The van der Waals surface area contributed by atoms with Gasteiger partial charge in [-0.25, -0.2) is 0 Å². The van der Waals surface area contributed by atoms with Crippen molar-refractivity contribution in [3.63, 3.8) is 0 Å². The van der Waals surface area contributed by atoms with E-state index < -0.39 is 0 Å². The highest BCUT2D eigenvalue weighted by Crippen LogP contribution is 2.25. The van der Waals surface area contributed by atoms with Gasteiger partial charge >= 0.3 is 0 Å². The van der Waals surface area contributed by atoms with E-state index in [-0.39, 0.29) is 6.10 Å². The average Bonchev–Trinajstić information content (AvgIpc) is 2.82. The van der Waals surface area contributed by atoms with E-state index in [1.165, 1.54) is 0 Å². The van der Waals surface area contributed by atoms with Gasteiger partial charge in [0.1, 0.15) is 17.6 Å². The molecule has 1 fully saturated rings. The molecule has 2 rings (SSSR count). The molecule has 4 heteroatoms. The van der Waals surface area contributed by atoms with Crippen LogP contribution in [0.5, 0.6) is 11.5 Å². The lowest BCUT2D eigenvalue weighted by molar-refractivity contribution is 0.111. The first-order valence-electron chi connectivity index (χ1n) is 5.21. The fourth-order valence-corrected chi connectivity index (χ4v) is 1.63. The van der Waals surface area contributed by atoms with Crippen LogP contribution in [0.15, 0.2) is 18.2 Å². The Balaban J connectivity index is 2.18. The number of carbonyl (C=O) groups excluding carboxylic acids is 1. The summed E-state index contributed by atoms with van der Waals surface area (Å²) in [5, 5.41) is 0. The van der Waals surface area contributed by atoms with E-state index in [0.29, 0.717) is 30.3 Å². The first kappa shape index (κ1) is 11.0. The first-order chi connectivity index (χ1) is 7.83. The van der Waals surface area contributed by atoms with Crippen molar-refractivity contribution < 1.29 is 19.0 Å². The Hall–Kier alpha value is -1.55. The third-order valence-electron chi connectivity index (χ3n) is 2.53.